The van der Waals surface area contributed by atoms with E-state index in [1.165, 1.54) is 6.33 Å². The summed E-state index contributed by atoms with van der Waals surface area (Å²) in [6.45, 7) is 3.50. The zero-order valence-corrected chi connectivity index (χ0v) is 17.6. The third-order valence-electron chi connectivity index (χ3n) is 3.56. The minimum atomic E-state index is -0.754. The molecule has 0 radical (unpaired) electrons. The summed E-state index contributed by atoms with van der Waals surface area (Å²) in [5.41, 5.74) is 0.676. The van der Waals surface area contributed by atoms with E-state index in [0.29, 0.717) is 23.1 Å². The van der Waals surface area contributed by atoms with Crippen LogP contribution in [-0.2, 0) is 13.6 Å². The van der Waals surface area contributed by atoms with Crippen LogP contribution in [0.4, 0.5) is 0 Å². The lowest BCUT2D eigenvalue weighted by atomic mass is 10.1. The molecule has 0 aliphatic heterocycles. The molecule has 0 spiro atoms. The number of aromatic nitrogens is 3. The van der Waals surface area contributed by atoms with Gasteiger partial charge in [-0.2, -0.15) is 5.10 Å². The van der Waals surface area contributed by atoms with Crippen molar-refractivity contribution >= 4 is 41.5 Å². The first-order chi connectivity index (χ1) is 11.5. The summed E-state index contributed by atoms with van der Waals surface area (Å²) in [6.07, 6.45) is 0.768. The van der Waals surface area contributed by atoms with E-state index in [-0.39, 0.29) is 30.5 Å². The van der Waals surface area contributed by atoms with Gasteiger partial charge in [-0.1, -0.05) is 29.8 Å². The maximum Gasteiger partial charge on any atom is 0.194 e. The molecule has 2 rings (SSSR count). The highest BCUT2D eigenvalue weighted by atomic mass is 127. The van der Waals surface area contributed by atoms with E-state index in [2.05, 4.69) is 20.4 Å². The molecule has 1 heterocycles. The molecule has 0 fully saturated rings. The number of guanidine groups is 1. The van der Waals surface area contributed by atoms with Crippen molar-refractivity contribution in [3.63, 3.8) is 0 Å². The second-order valence-corrected chi connectivity index (χ2v) is 5.80. The summed E-state index contributed by atoms with van der Waals surface area (Å²) in [7, 11) is 3.76. The molecule has 0 amide bonds. The first kappa shape index (κ1) is 21.7. The highest BCUT2D eigenvalue weighted by molar-refractivity contribution is 14.0. The third-order valence-corrected chi connectivity index (χ3v) is 3.90. The van der Waals surface area contributed by atoms with Gasteiger partial charge in [0.2, 0.25) is 0 Å². The number of nitrogens with one attached hydrogen (secondary N) is 1. The summed E-state index contributed by atoms with van der Waals surface area (Å²) in [6, 6.07) is 7.24. The number of nitrogens with zero attached hydrogens (tertiary/aromatic N) is 5. The summed E-state index contributed by atoms with van der Waals surface area (Å²) >= 11 is 6.12. The summed E-state index contributed by atoms with van der Waals surface area (Å²) in [4.78, 5) is 10.7. The number of halogens is 2. The van der Waals surface area contributed by atoms with Crippen molar-refractivity contribution in [3.05, 3.63) is 47.0 Å². The van der Waals surface area contributed by atoms with Crippen molar-refractivity contribution in [1.82, 2.24) is 25.0 Å². The Morgan fingerprint density at radius 2 is 2.16 bits per heavy atom. The van der Waals surface area contributed by atoms with E-state index in [4.69, 9.17) is 11.6 Å². The molecule has 1 aromatic heterocycles. The van der Waals surface area contributed by atoms with E-state index < -0.39 is 6.10 Å². The predicted molar refractivity (Wildman–Crippen MR) is 110 cm³/mol. The molecule has 138 valence electrons. The van der Waals surface area contributed by atoms with E-state index in [1.807, 2.05) is 38.1 Å². The fraction of sp³-hybridized carbons (Fsp3) is 0.438. The number of aliphatic imine (C=N–C) groups is 1. The molecular formula is C16H24ClIN6O. The predicted octanol–water partition coefficient (Wildman–Crippen LogP) is 2.22. The average molecular weight is 479 g/mol. The van der Waals surface area contributed by atoms with Crippen LogP contribution in [-0.4, -0.2) is 50.9 Å². The van der Waals surface area contributed by atoms with Gasteiger partial charge < -0.3 is 15.3 Å². The molecule has 1 aromatic carbocycles. The number of aliphatic hydroxyl groups is 1. The molecule has 9 heteroatoms. The van der Waals surface area contributed by atoms with Crippen LogP contribution in [0.5, 0.6) is 0 Å². The van der Waals surface area contributed by atoms with E-state index >= 15 is 0 Å². The Bertz CT molecular complexity index is 693. The monoisotopic (exact) mass is 478 g/mol. The zero-order chi connectivity index (χ0) is 17.5. The maximum absolute atomic E-state index is 10.3. The minimum absolute atomic E-state index is 0. The molecule has 0 aliphatic carbocycles. The van der Waals surface area contributed by atoms with Gasteiger partial charge in [0, 0.05) is 31.2 Å². The van der Waals surface area contributed by atoms with Gasteiger partial charge in [0.15, 0.2) is 5.96 Å². The van der Waals surface area contributed by atoms with Gasteiger partial charge >= 0.3 is 0 Å². The van der Waals surface area contributed by atoms with Gasteiger partial charge in [0.25, 0.3) is 0 Å². The highest BCUT2D eigenvalue weighted by Gasteiger charge is 2.13. The fourth-order valence-electron chi connectivity index (χ4n) is 2.24. The van der Waals surface area contributed by atoms with Crippen LogP contribution in [0.15, 0.2) is 35.6 Å². The normalized spacial score (nSPS) is 12.4. The van der Waals surface area contributed by atoms with Crippen molar-refractivity contribution in [1.29, 1.82) is 0 Å². The Kier molecular flexibility index (Phi) is 9.15. The minimum Gasteiger partial charge on any atom is -0.386 e. The van der Waals surface area contributed by atoms with Crippen LogP contribution in [0.3, 0.4) is 0 Å². The van der Waals surface area contributed by atoms with Crippen LogP contribution in [0.1, 0.15) is 24.4 Å². The first-order valence-electron chi connectivity index (χ1n) is 7.77. The van der Waals surface area contributed by atoms with Crippen molar-refractivity contribution in [2.75, 3.05) is 20.1 Å². The molecule has 2 aromatic rings. The van der Waals surface area contributed by atoms with Crippen molar-refractivity contribution in [2.45, 2.75) is 19.6 Å². The quantitative estimate of drug-likeness (QED) is 0.378. The standard InChI is InChI=1S/C16H23ClN6O.HI/c1-4-18-16(22(2)10-15-20-11-21-23(15)3)19-9-14(24)12-7-5-6-8-13(12)17;/h5-8,11,14,24H,4,9-10H2,1-3H3,(H,18,19);1H. The number of benzene rings is 1. The lowest BCUT2D eigenvalue weighted by Gasteiger charge is -2.22. The number of aliphatic hydroxyl groups excluding tert-OH is 1. The maximum atomic E-state index is 10.3. The third kappa shape index (κ3) is 6.12. The van der Waals surface area contributed by atoms with Crippen molar-refractivity contribution < 1.29 is 5.11 Å². The molecule has 7 nitrogen and oxygen atoms in total. The first-order valence-corrected chi connectivity index (χ1v) is 8.15. The zero-order valence-electron chi connectivity index (χ0n) is 14.6. The Hall–Kier alpha value is -1.39. The van der Waals surface area contributed by atoms with Gasteiger partial charge in [0.05, 0.1) is 13.1 Å². The number of rotatable bonds is 6. The Morgan fingerprint density at radius 3 is 2.76 bits per heavy atom. The van der Waals surface area contributed by atoms with Gasteiger partial charge in [-0.3, -0.25) is 9.67 Å². The lowest BCUT2D eigenvalue weighted by molar-refractivity contribution is 0.186. The smallest absolute Gasteiger partial charge is 0.194 e. The Balaban J connectivity index is 0.00000312. The van der Waals surface area contributed by atoms with Crippen LogP contribution < -0.4 is 5.32 Å². The molecule has 0 bridgehead atoms. The topological polar surface area (TPSA) is 78.6 Å². The molecule has 2 N–H and O–H groups in total. The molecular weight excluding hydrogens is 455 g/mol. The summed E-state index contributed by atoms with van der Waals surface area (Å²) in [5.74, 6) is 1.52. The molecule has 0 saturated carbocycles. The van der Waals surface area contributed by atoms with Gasteiger partial charge in [0.1, 0.15) is 18.3 Å². The average Bonchev–Trinajstić information content (AvgIpc) is 2.96. The van der Waals surface area contributed by atoms with Crippen LogP contribution >= 0.6 is 35.6 Å². The van der Waals surface area contributed by atoms with Crippen molar-refractivity contribution in [2.24, 2.45) is 12.0 Å². The Labute approximate surface area is 170 Å². The van der Waals surface area contributed by atoms with Crippen LogP contribution in [0.2, 0.25) is 5.02 Å². The van der Waals surface area contributed by atoms with Gasteiger partial charge in [-0.15, -0.1) is 24.0 Å². The van der Waals surface area contributed by atoms with E-state index in [0.717, 1.165) is 12.4 Å². The highest BCUT2D eigenvalue weighted by Crippen LogP contribution is 2.22. The second-order valence-electron chi connectivity index (χ2n) is 5.39. The lowest BCUT2D eigenvalue weighted by Crippen LogP contribution is -2.39. The molecule has 0 aliphatic rings. The number of hydrogen-bond donors (Lipinski definition) is 2. The summed E-state index contributed by atoms with van der Waals surface area (Å²) < 4.78 is 1.72. The molecule has 25 heavy (non-hydrogen) atoms. The summed E-state index contributed by atoms with van der Waals surface area (Å²) in [5, 5.41) is 18.1. The van der Waals surface area contributed by atoms with E-state index in [9.17, 15) is 5.11 Å². The SMILES string of the molecule is CCNC(=NCC(O)c1ccccc1Cl)N(C)Cc1ncnn1C.I. The van der Waals surface area contributed by atoms with Gasteiger partial charge in [-0.05, 0) is 13.0 Å². The fourth-order valence-corrected chi connectivity index (χ4v) is 2.50. The Morgan fingerprint density at radius 1 is 1.44 bits per heavy atom. The second kappa shape index (κ2) is 10.6. The number of aryl methyl sites for hydroxylation is 1. The molecule has 0 saturated heterocycles. The largest absolute Gasteiger partial charge is 0.386 e. The van der Waals surface area contributed by atoms with E-state index in [1.54, 1.807) is 16.8 Å². The number of hydrogen-bond acceptors (Lipinski definition) is 4. The van der Waals surface area contributed by atoms with Crippen molar-refractivity contribution in [3.8, 4) is 0 Å². The molecule has 1 atom stereocenters. The van der Waals surface area contributed by atoms with Crippen LogP contribution in [0.25, 0.3) is 0 Å². The van der Waals surface area contributed by atoms with Gasteiger partial charge in [-0.25, -0.2) is 4.98 Å². The molecule has 1 unspecified atom stereocenters. The van der Waals surface area contributed by atoms with Crippen LogP contribution in [0, 0.1) is 0 Å².